The van der Waals surface area contributed by atoms with E-state index < -0.39 is 29.7 Å². The van der Waals surface area contributed by atoms with Crippen LogP contribution in [0.4, 0.5) is 5.82 Å². The van der Waals surface area contributed by atoms with E-state index in [4.69, 9.17) is 21.6 Å². The highest BCUT2D eigenvalue weighted by molar-refractivity contribution is 6.31. The van der Waals surface area contributed by atoms with Crippen LogP contribution in [0.2, 0.25) is 5.02 Å². The number of carbonyl (C=O) groups excluding carboxylic acids is 6. The summed E-state index contributed by atoms with van der Waals surface area (Å²) in [5, 5.41) is 21.0. The molecule has 3 aromatic rings. The second-order valence-electron chi connectivity index (χ2n) is 13.7. The number of fused-ring (bicyclic) bond motifs is 2. The Labute approximate surface area is 315 Å². The minimum atomic E-state index is -1.03. The number of amides is 6. The van der Waals surface area contributed by atoms with Gasteiger partial charge in [-0.2, -0.15) is 5.26 Å². The van der Waals surface area contributed by atoms with Crippen molar-refractivity contribution in [1.82, 2.24) is 30.7 Å². The van der Waals surface area contributed by atoms with Crippen LogP contribution in [0.15, 0.2) is 48.7 Å². The quantitative estimate of drug-likeness (QED) is 0.166. The Balaban J connectivity index is 0.802. The third-order valence-corrected chi connectivity index (χ3v) is 10.4. The van der Waals surface area contributed by atoms with E-state index in [1.165, 1.54) is 6.20 Å². The summed E-state index contributed by atoms with van der Waals surface area (Å²) >= 11 is 6.12. The summed E-state index contributed by atoms with van der Waals surface area (Å²) < 4.78 is 6.04. The lowest BCUT2D eigenvalue weighted by molar-refractivity contribution is -0.136. The standard InChI is InChI=1S/C38H37ClN8O7/c39-30-15-27(5-1-21(30)16-40)54-26-6-3-25(4-7-26)44-35(50)22-2-9-32(43-17-22)42-12-11-41-18-34(49)46-19-23-13-28-29(14-24(23)20-46)38(53)47(37(28)52)31-8-10-33(48)45-36(31)51/h1-2,5,9,13-15,17,25-26,31,41H,3-4,6-8,10-12,18-20H2,(H,42,43)(H,44,50)(H,45,48,51)/t25-,26-,31?. The first kappa shape index (κ1) is 36.5. The Kier molecular flexibility index (Phi) is 10.6. The predicted octanol–water partition coefficient (Wildman–Crippen LogP) is 2.67. The van der Waals surface area contributed by atoms with Crippen LogP contribution in [0.1, 0.15) is 86.3 Å². The van der Waals surface area contributed by atoms with E-state index in [0.717, 1.165) is 41.7 Å². The van der Waals surface area contributed by atoms with Gasteiger partial charge in [0.05, 0.1) is 39.9 Å². The van der Waals surface area contributed by atoms with Crippen molar-refractivity contribution in [3.63, 3.8) is 0 Å². The molecule has 1 atom stereocenters. The lowest BCUT2D eigenvalue weighted by Crippen LogP contribution is -2.54. The molecule has 4 heterocycles. The molecule has 1 saturated heterocycles. The van der Waals surface area contributed by atoms with E-state index >= 15 is 0 Å². The van der Waals surface area contributed by atoms with Crippen molar-refractivity contribution in [2.75, 3.05) is 25.0 Å². The van der Waals surface area contributed by atoms with Gasteiger partial charge < -0.3 is 25.6 Å². The molecule has 0 radical (unpaired) electrons. The number of aromatic nitrogens is 1. The van der Waals surface area contributed by atoms with Crippen molar-refractivity contribution >= 4 is 52.9 Å². The molecule has 16 heteroatoms. The van der Waals surface area contributed by atoms with E-state index in [2.05, 4.69) is 26.3 Å². The molecule has 15 nitrogen and oxygen atoms in total. The van der Waals surface area contributed by atoms with Gasteiger partial charge in [-0.05, 0) is 79.6 Å². The Morgan fingerprint density at radius 1 is 0.944 bits per heavy atom. The second-order valence-corrected chi connectivity index (χ2v) is 14.1. The summed E-state index contributed by atoms with van der Waals surface area (Å²) in [6.07, 6.45) is 4.74. The number of imide groups is 2. The molecular weight excluding hydrogens is 716 g/mol. The number of nitrogens with one attached hydrogen (secondary N) is 4. The van der Waals surface area contributed by atoms with Gasteiger partial charge in [0.15, 0.2) is 0 Å². The second kappa shape index (κ2) is 15.6. The fraction of sp³-hybridized carbons (Fsp3) is 0.368. The summed E-state index contributed by atoms with van der Waals surface area (Å²) in [5.74, 6) is -1.37. The van der Waals surface area contributed by atoms with E-state index in [0.29, 0.717) is 40.8 Å². The van der Waals surface area contributed by atoms with Crippen molar-refractivity contribution < 1.29 is 33.5 Å². The number of nitriles is 1. The molecule has 7 rings (SSSR count). The molecule has 0 spiro atoms. The first-order valence-electron chi connectivity index (χ1n) is 17.8. The first-order chi connectivity index (χ1) is 26.1. The van der Waals surface area contributed by atoms with E-state index in [-0.39, 0.29) is 67.6 Å². The number of hydrogen-bond donors (Lipinski definition) is 4. The van der Waals surface area contributed by atoms with Crippen molar-refractivity contribution in [2.45, 2.75) is 69.8 Å². The van der Waals surface area contributed by atoms with Crippen LogP contribution in [-0.2, 0) is 27.5 Å². The summed E-state index contributed by atoms with van der Waals surface area (Å²) in [4.78, 5) is 83.0. The van der Waals surface area contributed by atoms with Crippen LogP contribution in [0, 0.1) is 11.3 Å². The fourth-order valence-electron chi connectivity index (χ4n) is 7.21. The summed E-state index contributed by atoms with van der Waals surface area (Å²) in [6.45, 7) is 1.61. The van der Waals surface area contributed by atoms with Gasteiger partial charge in [-0.15, -0.1) is 0 Å². The predicted molar refractivity (Wildman–Crippen MR) is 193 cm³/mol. The average Bonchev–Trinajstić information content (AvgIpc) is 3.69. The summed E-state index contributed by atoms with van der Waals surface area (Å²) in [5.41, 5.74) is 2.78. The van der Waals surface area contributed by atoms with Crippen molar-refractivity contribution in [3.8, 4) is 11.8 Å². The highest BCUT2D eigenvalue weighted by Gasteiger charge is 2.45. The first-order valence-corrected chi connectivity index (χ1v) is 18.2. The Bertz CT molecular complexity index is 2030. The van der Waals surface area contributed by atoms with E-state index in [9.17, 15) is 28.8 Å². The molecule has 1 saturated carbocycles. The topological polar surface area (TPSA) is 203 Å². The molecule has 1 aliphatic carbocycles. The summed E-state index contributed by atoms with van der Waals surface area (Å²) in [6, 6.07) is 12.7. The third kappa shape index (κ3) is 7.75. The monoisotopic (exact) mass is 752 g/mol. The van der Waals surface area contributed by atoms with Gasteiger partial charge in [0.2, 0.25) is 17.7 Å². The normalized spacial score (nSPS) is 20.6. The highest BCUT2D eigenvalue weighted by Crippen LogP contribution is 2.33. The highest BCUT2D eigenvalue weighted by atomic mass is 35.5. The number of carbonyl (C=O) groups is 6. The molecule has 4 aliphatic rings. The van der Waals surface area contributed by atoms with Gasteiger partial charge in [0.1, 0.15) is 23.7 Å². The van der Waals surface area contributed by atoms with Crippen LogP contribution in [-0.4, -0.2) is 88.0 Å². The van der Waals surface area contributed by atoms with Crippen LogP contribution >= 0.6 is 11.6 Å². The molecule has 1 aromatic heterocycles. The number of anilines is 1. The lowest BCUT2D eigenvalue weighted by atomic mass is 9.92. The van der Waals surface area contributed by atoms with E-state index in [1.807, 2.05) is 6.07 Å². The van der Waals surface area contributed by atoms with Gasteiger partial charge in [0.25, 0.3) is 17.7 Å². The zero-order valence-electron chi connectivity index (χ0n) is 29.2. The van der Waals surface area contributed by atoms with Crippen molar-refractivity contribution in [1.29, 1.82) is 5.26 Å². The molecule has 0 bridgehead atoms. The molecular formula is C38H37ClN8O7. The van der Waals surface area contributed by atoms with E-state index in [1.54, 1.807) is 47.4 Å². The number of hydrogen-bond acceptors (Lipinski definition) is 11. The van der Waals surface area contributed by atoms with Gasteiger partial charge >= 0.3 is 0 Å². The Morgan fingerprint density at radius 3 is 2.30 bits per heavy atom. The van der Waals surface area contributed by atoms with Crippen molar-refractivity contribution in [2.24, 2.45) is 0 Å². The molecule has 1 unspecified atom stereocenters. The lowest BCUT2D eigenvalue weighted by Gasteiger charge is -2.29. The minimum Gasteiger partial charge on any atom is -0.490 e. The number of nitrogens with zero attached hydrogens (tertiary/aromatic N) is 4. The number of pyridine rings is 1. The zero-order valence-corrected chi connectivity index (χ0v) is 29.9. The zero-order chi connectivity index (χ0) is 37.9. The number of rotatable bonds is 11. The SMILES string of the molecule is N#Cc1ccc(O[C@H]2CC[C@H](NC(=O)c3ccc(NCCNCC(=O)N4Cc5cc6c(cc5C4)C(=O)N(C4CCC(=O)NC4=O)C6=O)nc3)CC2)cc1Cl. The number of benzene rings is 2. The Morgan fingerprint density at radius 2 is 1.67 bits per heavy atom. The molecule has 54 heavy (non-hydrogen) atoms. The average molecular weight is 753 g/mol. The maximum atomic E-state index is 13.2. The minimum absolute atomic E-state index is 0.00411. The number of halogens is 1. The smallest absolute Gasteiger partial charge is 0.262 e. The van der Waals surface area contributed by atoms with Gasteiger partial charge in [-0.1, -0.05) is 11.6 Å². The third-order valence-electron chi connectivity index (χ3n) is 10.1. The van der Waals surface area contributed by atoms with Crippen molar-refractivity contribution in [3.05, 3.63) is 87.1 Å². The molecule has 4 N–H and O–H groups in total. The van der Waals surface area contributed by atoms with Gasteiger partial charge in [0, 0.05) is 50.9 Å². The molecule has 278 valence electrons. The number of piperidine rings is 1. The Hall–Kier alpha value is -5.85. The summed E-state index contributed by atoms with van der Waals surface area (Å²) in [7, 11) is 0. The largest absolute Gasteiger partial charge is 0.490 e. The van der Waals surface area contributed by atoms with Crippen LogP contribution in [0.3, 0.4) is 0 Å². The molecule has 6 amide bonds. The molecule has 2 fully saturated rings. The van der Waals surface area contributed by atoms with Crippen LogP contribution < -0.4 is 26.0 Å². The molecule has 2 aromatic carbocycles. The number of ether oxygens (including phenoxy) is 1. The van der Waals surface area contributed by atoms with Gasteiger partial charge in [-0.25, -0.2) is 4.98 Å². The maximum absolute atomic E-state index is 13.2. The molecule has 3 aliphatic heterocycles. The van der Waals surface area contributed by atoms with Gasteiger partial charge in [-0.3, -0.25) is 39.0 Å². The van der Waals surface area contributed by atoms with Crippen LogP contribution in [0.5, 0.6) is 5.75 Å². The maximum Gasteiger partial charge on any atom is 0.262 e. The fourth-order valence-corrected chi connectivity index (χ4v) is 7.42. The van der Waals surface area contributed by atoms with Crippen LogP contribution in [0.25, 0.3) is 0 Å².